The fourth-order valence-electron chi connectivity index (χ4n) is 3.40. The molecule has 2 fully saturated rings. The van der Waals surface area contributed by atoms with E-state index in [1.54, 1.807) is 17.1 Å². The van der Waals surface area contributed by atoms with E-state index in [9.17, 15) is 9.00 Å². The van der Waals surface area contributed by atoms with Crippen LogP contribution in [-0.4, -0.2) is 52.0 Å². The van der Waals surface area contributed by atoms with Crippen molar-refractivity contribution in [3.05, 3.63) is 35.9 Å². The van der Waals surface area contributed by atoms with Crippen LogP contribution < -0.4 is 0 Å². The van der Waals surface area contributed by atoms with E-state index in [0.717, 1.165) is 36.4 Å². The summed E-state index contributed by atoms with van der Waals surface area (Å²) in [5.74, 6) is 0. The number of hydrogen-bond acceptors (Lipinski definition) is 4. The Balaban J connectivity index is 1.52. The first-order valence-corrected chi connectivity index (χ1v) is 8.83. The highest BCUT2D eigenvalue weighted by Crippen LogP contribution is 2.41. The van der Waals surface area contributed by atoms with Crippen LogP contribution in [0.1, 0.15) is 24.8 Å². The Morgan fingerprint density at radius 2 is 1.96 bits per heavy atom. The zero-order valence-corrected chi connectivity index (χ0v) is 14.6. The van der Waals surface area contributed by atoms with Crippen LogP contribution in [0.3, 0.4) is 0 Å². The maximum absolute atomic E-state index is 12.2. The van der Waals surface area contributed by atoms with Crippen LogP contribution in [-0.2, 0) is 27.4 Å². The summed E-state index contributed by atoms with van der Waals surface area (Å²) in [5.41, 5.74) is 1.02. The number of rotatable bonds is 3. The molecule has 2 heterocycles. The fourth-order valence-corrected chi connectivity index (χ4v) is 3.99. The number of piperidine rings is 1. The molecule has 6 nitrogen and oxygen atoms in total. The van der Waals surface area contributed by atoms with Gasteiger partial charge in [-0.2, -0.15) is 0 Å². The molecule has 2 saturated heterocycles. The van der Waals surface area contributed by atoms with E-state index in [1.165, 1.54) is 0 Å². The second kappa shape index (κ2) is 7.46. The average molecular weight is 350 g/mol. The van der Waals surface area contributed by atoms with Crippen molar-refractivity contribution in [2.24, 2.45) is 5.41 Å². The molecule has 0 aromatic heterocycles. The standard InChI is InChI=1S/C17H22N2O4S/c1-22-19-13-17(11-15(19)24-21)7-9-18(10-8-17)16(20)23-12-14-5-3-2-4-6-14/h2-6H,7-13H2,1H3. The van der Waals surface area contributed by atoms with Crippen molar-refractivity contribution in [1.82, 2.24) is 9.96 Å². The number of ether oxygens (including phenoxy) is 1. The molecule has 0 saturated carbocycles. The van der Waals surface area contributed by atoms with E-state index in [-0.39, 0.29) is 11.5 Å². The van der Waals surface area contributed by atoms with Gasteiger partial charge in [-0.1, -0.05) is 30.3 Å². The molecule has 130 valence electrons. The molecule has 2 aliphatic heterocycles. The minimum absolute atomic E-state index is 0.0406. The predicted molar refractivity (Wildman–Crippen MR) is 91.3 cm³/mol. The number of amides is 1. The zero-order chi connectivity index (χ0) is 17.0. The SMILES string of the molecule is CON1CC2(CCN(C(=O)OCc3ccccc3)CC2)CC1=S=O. The van der Waals surface area contributed by atoms with Gasteiger partial charge in [-0.15, -0.1) is 5.06 Å². The highest BCUT2D eigenvalue weighted by Gasteiger charge is 2.45. The summed E-state index contributed by atoms with van der Waals surface area (Å²) in [5, 5.41) is 1.70. The van der Waals surface area contributed by atoms with Gasteiger partial charge in [-0.05, 0) is 23.8 Å². The Hall–Kier alpha value is -1.70. The molecule has 3 rings (SSSR count). The van der Waals surface area contributed by atoms with Crippen molar-refractivity contribution in [2.45, 2.75) is 25.9 Å². The van der Waals surface area contributed by atoms with Gasteiger partial charge < -0.3 is 9.64 Å². The Labute approximate surface area is 145 Å². The summed E-state index contributed by atoms with van der Waals surface area (Å²) in [7, 11) is 1.59. The smallest absolute Gasteiger partial charge is 0.410 e. The van der Waals surface area contributed by atoms with Crippen LogP contribution in [0.2, 0.25) is 0 Å². The number of benzene rings is 1. The van der Waals surface area contributed by atoms with E-state index in [2.05, 4.69) is 0 Å². The van der Waals surface area contributed by atoms with Crippen LogP contribution in [0.15, 0.2) is 30.3 Å². The van der Waals surface area contributed by atoms with Crippen molar-refractivity contribution in [2.75, 3.05) is 26.7 Å². The van der Waals surface area contributed by atoms with Gasteiger partial charge >= 0.3 is 6.09 Å². The van der Waals surface area contributed by atoms with Crippen LogP contribution in [0.4, 0.5) is 4.79 Å². The predicted octanol–water partition coefficient (Wildman–Crippen LogP) is 2.02. The maximum atomic E-state index is 12.2. The second-order valence-electron chi connectivity index (χ2n) is 6.40. The van der Waals surface area contributed by atoms with Crippen LogP contribution in [0.25, 0.3) is 0 Å². The minimum atomic E-state index is -0.266. The van der Waals surface area contributed by atoms with E-state index < -0.39 is 0 Å². The third-order valence-corrected chi connectivity index (χ3v) is 5.43. The molecule has 24 heavy (non-hydrogen) atoms. The van der Waals surface area contributed by atoms with E-state index >= 15 is 0 Å². The first-order chi connectivity index (χ1) is 11.7. The molecule has 0 unspecified atom stereocenters. The molecule has 1 aromatic carbocycles. The lowest BCUT2D eigenvalue weighted by Gasteiger charge is -2.38. The third kappa shape index (κ3) is 3.68. The summed E-state index contributed by atoms with van der Waals surface area (Å²) in [4.78, 5) is 20.0. The molecular formula is C17H22N2O4S. The van der Waals surface area contributed by atoms with Crippen molar-refractivity contribution < 1.29 is 18.6 Å². The van der Waals surface area contributed by atoms with Crippen LogP contribution >= 0.6 is 0 Å². The molecule has 0 radical (unpaired) electrons. The van der Waals surface area contributed by atoms with Gasteiger partial charge in [0.05, 0.1) is 7.11 Å². The quantitative estimate of drug-likeness (QED) is 0.781. The van der Waals surface area contributed by atoms with Gasteiger partial charge in [0.15, 0.2) is 0 Å². The van der Waals surface area contributed by atoms with Gasteiger partial charge in [0.2, 0.25) is 0 Å². The van der Waals surface area contributed by atoms with E-state index in [1.807, 2.05) is 30.3 Å². The topological polar surface area (TPSA) is 59.1 Å². The summed E-state index contributed by atoms with van der Waals surface area (Å²) < 4.78 is 16.6. The molecule has 0 N–H and O–H groups in total. The van der Waals surface area contributed by atoms with Crippen LogP contribution in [0.5, 0.6) is 0 Å². The first kappa shape index (κ1) is 17.1. The Morgan fingerprint density at radius 3 is 2.54 bits per heavy atom. The number of likely N-dealkylation sites (tertiary alicyclic amines) is 1. The molecule has 7 heteroatoms. The summed E-state index contributed by atoms with van der Waals surface area (Å²) >= 11 is 0.508. The average Bonchev–Trinajstić information content (AvgIpc) is 2.98. The molecule has 0 aliphatic carbocycles. The summed E-state index contributed by atoms with van der Waals surface area (Å²) in [6.07, 6.45) is 2.19. The lowest BCUT2D eigenvalue weighted by molar-refractivity contribution is -0.0745. The van der Waals surface area contributed by atoms with Gasteiger partial charge in [0, 0.05) is 26.1 Å². The largest absolute Gasteiger partial charge is 0.445 e. The van der Waals surface area contributed by atoms with E-state index in [4.69, 9.17) is 9.57 Å². The normalized spacial score (nSPS) is 20.4. The highest BCUT2D eigenvalue weighted by atomic mass is 32.1. The van der Waals surface area contributed by atoms with Gasteiger partial charge in [-0.25, -0.2) is 9.00 Å². The van der Waals surface area contributed by atoms with Gasteiger partial charge in [0.1, 0.15) is 22.9 Å². The number of carbonyl (C=O) groups excluding carboxylic acids is 1. The molecule has 0 bridgehead atoms. The minimum Gasteiger partial charge on any atom is -0.445 e. The molecule has 1 spiro atoms. The molecular weight excluding hydrogens is 328 g/mol. The summed E-state index contributed by atoms with van der Waals surface area (Å²) in [6, 6.07) is 9.67. The zero-order valence-electron chi connectivity index (χ0n) is 13.8. The van der Waals surface area contributed by atoms with Gasteiger partial charge in [-0.3, -0.25) is 4.84 Å². The Bertz CT molecular complexity index is 637. The highest BCUT2D eigenvalue weighted by molar-refractivity contribution is 7.66. The van der Waals surface area contributed by atoms with Crippen molar-refractivity contribution in [3.8, 4) is 0 Å². The van der Waals surface area contributed by atoms with E-state index in [0.29, 0.717) is 31.0 Å². The first-order valence-electron chi connectivity index (χ1n) is 8.09. The third-order valence-electron chi connectivity index (χ3n) is 4.89. The number of hydroxylamine groups is 2. The Morgan fingerprint density at radius 1 is 1.25 bits per heavy atom. The second-order valence-corrected chi connectivity index (χ2v) is 7.04. The summed E-state index contributed by atoms with van der Waals surface area (Å²) in [6.45, 7) is 2.33. The van der Waals surface area contributed by atoms with Crippen LogP contribution in [0, 0.1) is 5.41 Å². The van der Waals surface area contributed by atoms with Gasteiger partial charge in [0.25, 0.3) is 0 Å². The molecule has 1 amide bonds. The van der Waals surface area contributed by atoms with Crippen molar-refractivity contribution >= 4 is 22.3 Å². The molecule has 0 atom stereocenters. The number of carbonyl (C=O) groups is 1. The lowest BCUT2D eigenvalue weighted by Crippen LogP contribution is -2.44. The molecule has 1 aromatic rings. The number of nitrogens with zero attached hydrogens (tertiary/aromatic N) is 2. The lowest BCUT2D eigenvalue weighted by atomic mass is 9.78. The molecule has 2 aliphatic rings. The van der Waals surface area contributed by atoms with Crippen molar-refractivity contribution in [3.63, 3.8) is 0 Å². The number of hydrogen-bond donors (Lipinski definition) is 0. The monoisotopic (exact) mass is 350 g/mol. The maximum Gasteiger partial charge on any atom is 0.410 e. The fraction of sp³-hybridized carbons (Fsp3) is 0.529. The Kier molecular flexibility index (Phi) is 5.33. The van der Waals surface area contributed by atoms with Crippen molar-refractivity contribution in [1.29, 1.82) is 0 Å².